The zero-order valence-electron chi connectivity index (χ0n) is 31.8. The third-order valence-electron chi connectivity index (χ3n) is 9.92. The molecule has 0 aliphatic rings. The van der Waals surface area contributed by atoms with Crippen molar-refractivity contribution in [1.29, 1.82) is 0 Å². The van der Waals surface area contributed by atoms with Crippen LogP contribution in [0.25, 0.3) is 0 Å². The first-order chi connectivity index (χ1) is 22.6. The molecule has 274 valence electrons. The quantitative estimate of drug-likeness (QED) is 0.0496. The molecule has 0 aliphatic carbocycles. The Morgan fingerprint density at radius 3 is 0.891 bits per heavy atom. The van der Waals surface area contributed by atoms with E-state index in [-0.39, 0.29) is 11.9 Å². The third-order valence-corrected chi connectivity index (χ3v) is 9.92. The maximum atomic E-state index is 12.3. The van der Waals surface area contributed by atoms with Crippen molar-refractivity contribution in [3.05, 3.63) is 0 Å². The SMILES string of the molecule is CCCCCCCC(CCCCCCC)CCCC(=O)OCCCCOC(=O)CCCC(CCCCCCC)CCCCCCC. The lowest BCUT2D eigenvalue weighted by Crippen LogP contribution is -2.10. The molecule has 0 atom stereocenters. The van der Waals surface area contributed by atoms with Gasteiger partial charge in [-0.05, 0) is 50.4 Å². The van der Waals surface area contributed by atoms with Crippen molar-refractivity contribution >= 4 is 11.9 Å². The zero-order chi connectivity index (χ0) is 33.8. The molecule has 0 saturated carbocycles. The maximum absolute atomic E-state index is 12.3. The Morgan fingerprint density at radius 2 is 0.609 bits per heavy atom. The van der Waals surface area contributed by atoms with Gasteiger partial charge in [-0.15, -0.1) is 0 Å². The highest BCUT2D eigenvalue weighted by atomic mass is 16.5. The van der Waals surface area contributed by atoms with Crippen molar-refractivity contribution in [2.45, 2.75) is 233 Å². The number of carbonyl (C=O) groups excluding carboxylic acids is 2. The summed E-state index contributed by atoms with van der Waals surface area (Å²) in [5.41, 5.74) is 0. The predicted molar refractivity (Wildman–Crippen MR) is 199 cm³/mol. The minimum Gasteiger partial charge on any atom is -0.466 e. The van der Waals surface area contributed by atoms with Crippen LogP contribution >= 0.6 is 0 Å². The number of ether oxygens (including phenoxy) is 2. The first-order valence-electron chi connectivity index (χ1n) is 20.9. The fraction of sp³-hybridized carbons (Fsp3) is 0.952. The Balaban J connectivity index is 4.05. The minimum absolute atomic E-state index is 0.0630. The summed E-state index contributed by atoms with van der Waals surface area (Å²) in [6.07, 6.45) is 39.0. The lowest BCUT2D eigenvalue weighted by molar-refractivity contribution is -0.146. The number of unbranched alkanes of at least 4 members (excludes halogenated alkanes) is 17. The molecule has 0 amide bonds. The zero-order valence-corrected chi connectivity index (χ0v) is 31.8. The van der Waals surface area contributed by atoms with E-state index < -0.39 is 0 Å². The second kappa shape index (κ2) is 36.8. The van der Waals surface area contributed by atoms with Gasteiger partial charge in [0, 0.05) is 12.8 Å². The number of hydrogen-bond donors (Lipinski definition) is 0. The van der Waals surface area contributed by atoms with Crippen LogP contribution in [-0.2, 0) is 19.1 Å². The van der Waals surface area contributed by atoms with Gasteiger partial charge in [0.05, 0.1) is 13.2 Å². The lowest BCUT2D eigenvalue weighted by atomic mass is 9.90. The molecule has 0 aromatic heterocycles. The topological polar surface area (TPSA) is 52.6 Å². The van der Waals surface area contributed by atoms with E-state index in [2.05, 4.69) is 27.7 Å². The largest absolute Gasteiger partial charge is 0.466 e. The van der Waals surface area contributed by atoms with Gasteiger partial charge in [-0.2, -0.15) is 0 Å². The summed E-state index contributed by atoms with van der Waals surface area (Å²) < 4.78 is 11.0. The van der Waals surface area contributed by atoms with Gasteiger partial charge in [-0.1, -0.05) is 182 Å². The Labute approximate surface area is 288 Å². The molecule has 0 fully saturated rings. The van der Waals surface area contributed by atoms with E-state index in [9.17, 15) is 9.59 Å². The van der Waals surface area contributed by atoms with E-state index in [1.54, 1.807) is 0 Å². The Morgan fingerprint density at radius 1 is 0.348 bits per heavy atom. The van der Waals surface area contributed by atoms with Crippen LogP contribution in [0.15, 0.2) is 0 Å². The van der Waals surface area contributed by atoms with Crippen LogP contribution in [0.2, 0.25) is 0 Å². The summed E-state index contributed by atoms with van der Waals surface area (Å²) in [5, 5.41) is 0. The molecule has 0 aromatic rings. The summed E-state index contributed by atoms with van der Waals surface area (Å²) in [6.45, 7) is 9.98. The van der Waals surface area contributed by atoms with Gasteiger partial charge in [-0.3, -0.25) is 9.59 Å². The molecule has 0 aliphatic heterocycles. The van der Waals surface area contributed by atoms with Crippen LogP contribution in [0, 0.1) is 11.8 Å². The molecule has 0 heterocycles. The van der Waals surface area contributed by atoms with E-state index in [1.807, 2.05) is 0 Å². The van der Waals surface area contributed by atoms with E-state index in [0.29, 0.717) is 26.1 Å². The first kappa shape index (κ1) is 44.9. The van der Waals surface area contributed by atoms with Crippen molar-refractivity contribution in [2.75, 3.05) is 13.2 Å². The second-order valence-electron chi connectivity index (χ2n) is 14.5. The lowest BCUT2D eigenvalue weighted by Gasteiger charge is -2.17. The molecule has 4 heteroatoms. The van der Waals surface area contributed by atoms with Crippen molar-refractivity contribution in [1.82, 2.24) is 0 Å². The maximum Gasteiger partial charge on any atom is 0.305 e. The molecular formula is C42H82O4. The molecule has 0 N–H and O–H groups in total. The minimum atomic E-state index is -0.0630. The van der Waals surface area contributed by atoms with E-state index in [0.717, 1.165) is 50.4 Å². The van der Waals surface area contributed by atoms with Crippen LogP contribution in [0.4, 0.5) is 0 Å². The summed E-state index contributed by atoms with van der Waals surface area (Å²) >= 11 is 0. The average Bonchev–Trinajstić information content (AvgIpc) is 3.05. The molecule has 0 rings (SSSR count). The monoisotopic (exact) mass is 651 g/mol. The van der Waals surface area contributed by atoms with Gasteiger partial charge in [-0.25, -0.2) is 0 Å². The molecule has 0 spiro atoms. The Bertz CT molecular complexity index is 551. The van der Waals surface area contributed by atoms with Crippen molar-refractivity contribution in [3.63, 3.8) is 0 Å². The van der Waals surface area contributed by atoms with Gasteiger partial charge < -0.3 is 9.47 Å². The van der Waals surface area contributed by atoms with Gasteiger partial charge in [0.25, 0.3) is 0 Å². The highest BCUT2D eigenvalue weighted by Gasteiger charge is 2.13. The van der Waals surface area contributed by atoms with E-state index in [4.69, 9.17) is 9.47 Å². The molecule has 46 heavy (non-hydrogen) atoms. The number of hydrogen-bond acceptors (Lipinski definition) is 4. The predicted octanol–water partition coefficient (Wildman–Crippen LogP) is 13.9. The summed E-state index contributed by atoms with van der Waals surface area (Å²) in [6, 6.07) is 0. The van der Waals surface area contributed by atoms with Crippen LogP contribution < -0.4 is 0 Å². The third kappa shape index (κ3) is 32.9. The molecule has 4 nitrogen and oxygen atoms in total. The average molecular weight is 651 g/mol. The van der Waals surface area contributed by atoms with Crippen molar-refractivity contribution in [2.24, 2.45) is 11.8 Å². The van der Waals surface area contributed by atoms with Gasteiger partial charge in [0.1, 0.15) is 0 Å². The van der Waals surface area contributed by atoms with Crippen LogP contribution in [0.3, 0.4) is 0 Å². The summed E-state index contributed by atoms with van der Waals surface area (Å²) in [7, 11) is 0. The van der Waals surface area contributed by atoms with E-state index >= 15 is 0 Å². The van der Waals surface area contributed by atoms with Crippen molar-refractivity contribution in [3.8, 4) is 0 Å². The smallest absolute Gasteiger partial charge is 0.305 e. The molecule has 0 unspecified atom stereocenters. The van der Waals surface area contributed by atoms with Crippen molar-refractivity contribution < 1.29 is 19.1 Å². The number of esters is 2. The Kier molecular flexibility index (Phi) is 35.9. The highest BCUT2D eigenvalue weighted by Crippen LogP contribution is 2.25. The molecule has 0 aromatic carbocycles. The van der Waals surface area contributed by atoms with Crippen LogP contribution in [0.1, 0.15) is 233 Å². The summed E-state index contributed by atoms with van der Waals surface area (Å²) in [5.74, 6) is 1.41. The highest BCUT2D eigenvalue weighted by molar-refractivity contribution is 5.69. The summed E-state index contributed by atoms with van der Waals surface area (Å²) in [4.78, 5) is 24.6. The fourth-order valence-electron chi connectivity index (χ4n) is 6.80. The van der Waals surface area contributed by atoms with Gasteiger partial charge in [0.2, 0.25) is 0 Å². The van der Waals surface area contributed by atoms with Crippen LogP contribution in [0.5, 0.6) is 0 Å². The van der Waals surface area contributed by atoms with E-state index in [1.165, 1.54) is 154 Å². The normalized spacial score (nSPS) is 11.5. The Hall–Kier alpha value is -1.06. The van der Waals surface area contributed by atoms with Gasteiger partial charge >= 0.3 is 11.9 Å². The first-order valence-corrected chi connectivity index (χ1v) is 20.9. The second-order valence-corrected chi connectivity index (χ2v) is 14.5. The molecule has 0 bridgehead atoms. The van der Waals surface area contributed by atoms with Crippen LogP contribution in [-0.4, -0.2) is 25.2 Å². The fourth-order valence-corrected chi connectivity index (χ4v) is 6.80. The standard InChI is InChI=1S/C42H82O4/c1-5-9-13-17-21-29-39(30-22-18-14-10-6-2)33-27-35-41(43)45-37-25-26-38-46-42(44)36-28-34-40(31-23-19-15-11-7-3)32-24-20-16-12-8-4/h39-40H,5-38H2,1-4H3. The number of carbonyl (C=O) groups is 2. The molecular weight excluding hydrogens is 568 g/mol. The number of rotatable bonds is 37. The van der Waals surface area contributed by atoms with Gasteiger partial charge in [0.15, 0.2) is 0 Å². The molecule has 0 radical (unpaired) electrons. The molecule has 0 saturated heterocycles.